The molecular formula is C21H22FN3O5S3. The zero-order valence-corrected chi connectivity index (χ0v) is 20.2. The number of hydrogen-bond donors (Lipinski definition) is 0. The first-order chi connectivity index (χ1) is 15.8. The van der Waals surface area contributed by atoms with Gasteiger partial charge in [-0.3, -0.25) is 9.59 Å². The molecule has 176 valence electrons. The van der Waals surface area contributed by atoms with Gasteiger partial charge in [0.1, 0.15) is 16.6 Å². The summed E-state index contributed by atoms with van der Waals surface area (Å²) in [5.74, 6) is -2.01. The van der Waals surface area contributed by atoms with Crippen molar-refractivity contribution in [3.05, 3.63) is 46.3 Å². The van der Waals surface area contributed by atoms with Gasteiger partial charge in [0.15, 0.2) is 4.80 Å². The maximum atomic E-state index is 13.7. The van der Waals surface area contributed by atoms with Gasteiger partial charge in [0.2, 0.25) is 0 Å². The molecule has 0 bridgehead atoms. The number of piperidine rings is 1. The molecule has 0 saturated carbocycles. The first-order valence-electron chi connectivity index (χ1n) is 10.4. The van der Waals surface area contributed by atoms with E-state index >= 15 is 0 Å². The molecule has 1 aliphatic heterocycles. The molecule has 1 amide bonds. The largest absolute Gasteiger partial charge is 0.465 e. The molecule has 3 aromatic rings. The molecule has 33 heavy (non-hydrogen) atoms. The predicted molar refractivity (Wildman–Crippen MR) is 123 cm³/mol. The minimum Gasteiger partial charge on any atom is -0.465 e. The number of sulfonamides is 1. The Hall–Kier alpha value is -2.41. The Kier molecular flexibility index (Phi) is 7.07. The molecular weight excluding hydrogens is 489 g/mol. The number of carbonyl (C=O) groups is 2. The second-order valence-corrected chi connectivity index (χ2v) is 11.6. The third-order valence-electron chi connectivity index (χ3n) is 5.27. The van der Waals surface area contributed by atoms with E-state index in [0.717, 1.165) is 22.7 Å². The lowest BCUT2D eigenvalue weighted by molar-refractivity contribution is -0.143. The molecule has 8 nitrogen and oxygen atoms in total. The van der Waals surface area contributed by atoms with Gasteiger partial charge < -0.3 is 9.30 Å². The standard InChI is InChI=1S/C21H22FN3O5S3/c1-2-30-18(26)13-25-16-8-7-15(22)11-17(16)32-21(25)23-20(27)14-5-3-9-24(12-14)33(28,29)19-6-4-10-31-19/h4,6-8,10-11,14H,2-3,5,9,12-13H2,1H3. The average molecular weight is 512 g/mol. The summed E-state index contributed by atoms with van der Waals surface area (Å²) >= 11 is 2.23. The Labute approximate surface area is 198 Å². The van der Waals surface area contributed by atoms with Crippen LogP contribution in [0.1, 0.15) is 19.8 Å². The fraction of sp³-hybridized carbons (Fsp3) is 0.381. The Morgan fingerprint density at radius 1 is 1.30 bits per heavy atom. The molecule has 0 spiro atoms. The van der Waals surface area contributed by atoms with Crippen LogP contribution in [-0.4, -0.2) is 48.9 Å². The number of halogens is 1. The van der Waals surface area contributed by atoms with Crippen LogP contribution in [0.2, 0.25) is 0 Å². The van der Waals surface area contributed by atoms with Gasteiger partial charge in [-0.1, -0.05) is 17.4 Å². The Balaban J connectivity index is 1.64. The van der Waals surface area contributed by atoms with E-state index < -0.39 is 33.6 Å². The first-order valence-corrected chi connectivity index (χ1v) is 13.5. The van der Waals surface area contributed by atoms with Gasteiger partial charge in [-0.2, -0.15) is 9.30 Å². The molecule has 1 saturated heterocycles. The lowest BCUT2D eigenvalue weighted by atomic mass is 9.99. The smallest absolute Gasteiger partial charge is 0.326 e. The second kappa shape index (κ2) is 9.84. The maximum absolute atomic E-state index is 13.7. The topological polar surface area (TPSA) is 98.0 Å². The highest BCUT2D eigenvalue weighted by molar-refractivity contribution is 7.91. The third-order valence-corrected chi connectivity index (χ3v) is 9.55. The van der Waals surface area contributed by atoms with Crippen molar-refractivity contribution >= 4 is 54.8 Å². The zero-order chi connectivity index (χ0) is 23.6. The summed E-state index contributed by atoms with van der Waals surface area (Å²) in [4.78, 5) is 29.6. The fourth-order valence-corrected chi connectivity index (χ4v) is 7.43. The Morgan fingerprint density at radius 2 is 2.12 bits per heavy atom. The van der Waals surface area contributed by atoms with Gasteiger partial charge in [0.25, 0.3) is 15.9 Å². The van der Waals surface area contributed by atoms with Crippen molar-refractivity contribution in [1.82, 2.24) is 8.87 Å². The number of ether oxygens (including phenoxy) is 1. The molecule has 12 heteroatoms. The number of amides is 1. The van der Waals surface area contributed by atoms with Crippen molar-refractivity contribution in [2.24, 2.45) is 10.9 Å². The van der Waals surface area contributed by atoms with Crippen molar-refractivity contribution in [3.8, 4) is 0 Å². The van der Waals surface area contributed by atoms with E-state index in [-0.39, 0.29) is 28.7 Å². The van der Waals surface area contributed by atoms with E-state index in [1.807, 2.05) is 0 Å². The molecule has 3 heterocycles. The molecule has 1 fully saturated rings. The summed E-state index contributed by atoms with van der Waals surface area (Å²) in [6.45, 7) is 2.11. The number of hydrogen-bond acceptors (Lipinski definition) is 7. The molecule has 1 aliphatic rings. The molecule has 2 aromatic heterocycles. The third kappa shape index (κ3) is 5.08. The second-order valence-electron chi connectivity index (χ2n) is 7.47. The fourth-order valence-electron chi connectivity index (χ4n) is 3.71. The average Bonchev–Trinajstić information content (AvgIpc) is 3.43. The van der Waals surface area contributed by atoms with Crippen LogP contribution in [0.15, 0.2) is 44.9 Å². The van der Waals surface area contributed by atoms with Gasteiger partial charge in [-0.15, -0.1) is 11.3 Å². The summed E-state index contributed by atoms with van der Waals surface area (Å²) in [7, 11) is -3.66. The van der Waals surface area contributed by atoms with Crippen molar-refractivity contribution in [3.63, 3.8) is 0 Å². The highest BCUT2D eigenvalue weighted by Gasteiger charge is 2.33. The molecule has 4 rings (SSSR count). The maximum Gasteiger partial charge on any atom is 0.326 e. The minimum absolute atomic E-state index is 0.0416. The number of benzene rings is 1. The van der Waals surface area contributed by atoms with Crippen LogP contribution in [0, 0.1) is 11.7 Å². The molecule has 1 unspecified atom stereocenters. The van der Waals surface area contributed by atoms with Gasteiger partial charge >= 0.3 is 5.97 Å². The lowest BCUT2D eigenvalue weighted by Gasteiger charge is -2.29. The number of nitrogens with zero attached hydrogens (tertiary/aromatic N) is 3. The van der Waals surface area contributed by atoms with E-state index in [1.165, 1.54) is 27.1 Å². The van der Waals surface area contributed by atoms with Crippen LogP contribution in [0.5, 0.6) is 0 Å². The monoisotopic (exact) mass is 511 g/mol. The van der Waals surface area contributed by atoms with Gasteiger partial charge in [-0.05, 0) is 49.4 Å². The lowest BCUT2D eigenvalue weighted by Crippen LogP contribution is -2.42. The van der Waals surface area contributed by atoms with Crippen molar-refractivity contribution in [2.75, 3.05) is 19.7 Å². The number of fused-ring (bicyclic) bond motifs is 1. The van der Waals surface area contributed by atoms with Crippen molar-refractivity contribution in [2.45, 2.75) is 30.5 Å². The SMILES string of the molecule is CCOC(=O)Cn1c(=NC(=O)C2CCCN(S(=O)(=O)c3cccs3)C2)sc2cc(F)ccc21. The van der Waals surface area contributed by atoms with Crippen LogP contribution in [0.3, 0.4) is 0 Å². The normalized spacial score (nSPS) is 18.0. The number of aromatic nitrogens is 1. The van der Waals surface area contributed by atoms with Crippen molar-refractivity contribution in [1.29, 1.82) is 0 Å². The van der Waals surface area contributed by atoms with E-state index in [9.17, 15) is 22.4 Å². The van der Waals surface area contributed by atoms with E-state index in [0.29, 0.717) is 29.6 Å². The molecule has 1 aromatic carbocycles. The summed E-state index contributed by atoms with van der Waals surface area (Å²) in [6, 6.07) is 7.34. The Bertz CT molecular complexity index is 1350. The van der Waals surface area contributed by atoms with Crippen LogP contribution >= 0.6 is 22.7 Å². The quantitative estimate of drug-likeness (QED) is 0.474. The summed E-state index contributed by atoms with van der Waals surface area (Å²) in [5.41, 5.74) is 0.562. The van der Waals surface area contributed by atoms with Gasteiger partial charge in [-0.25, -0.2) is 12.8 Å². The van der Waals surface area contributed by atoms with E-state index in [2.05, 4.69) is 4.99 Å². The summed E-state index contributed by atoms with van der Waals surface area (Å²) in [5, 5.41) is 1.70. The Morgan fingerprint density at radius 3 is 2.85 bits per heavy atom. The van der Waals surface area contributed by atoms with E-state index in [1.54, 1.807) is 24.4 Å². The zero-order valence-electron chi connectivity index (χ0n) is 17.8. The van der Waals surface area contributed by atoms with Gasteiger partial charge in [0, 0.05) is 13.1 Å². The molecule has 0 radical (unpaired) electrons. The van der Waals surface area contributed by atoms with Crippen LogP contribution in [0.4, 0.5) is 4.39 Å². The van der Waals surface area contributed by atoms with Crippen LogP contribution in [0.25, 0.3) is 10.2 Å². The first kappa shape index (κ1) is 23.7. The van der Waals surface area contributed by atoms with Crippen LogP contribution in [-0.2, 0) is 30.9 Å². The molecule has 1 atom stereocenters. The van der Waals surface area contributed by atoms with Gasteiger partial charge in [0.05, 0.1) is 22.7 Å². The number of carbonyl (C=O) groups excluding carboxylic acids is 2. The highest BCUT2D eigenvalue weighted by Crippen LogP contribution is 2.27. The van der Waals surface area contributed by atoms with Crippen molar-refractivity contribution < 1.29 is 27.1 Å². The number of thiazole rings is 1. The summed E-state index contributed by atoms with van der Waals surface area (Å²) in [6.07, 6.45) is 1.05. The molecule has 0 N–H and O–H groups in total. The minimum atomic E-state index is -3.66. The number of esters is 1. The molecule has 0 aliphatic carbocycles. The van der Waals surface area contributed by atoms with E-state index in [4.69, 9.17) is 4.74 Å². The predicted octanol–water partition coefficient (Wildman–Crippen LogP) is 2.99. The summed E-state index contributed by atoms with van der Waals surface area (Å²) < 4.78 is 48.1. The number of thiophene rings is 1. The van der Waals surface area contributed by atoms with Crippen LogP contribution < -0.4 is 4.80 Å². The highest BCUT2D eigenvalue weighted by atomic mass is 32.2. The number of rotatable bonds is 6.